The number of methoxy groups -OCH3 is 2. The molecule has 31 heavy (non-hydrogen) atoms. The zero-order chi connectivity index (χ0) is 22.3. The highest BCUT2D eigenvalue weighted by atomic mass is 16.8. The number of ketones is 3. The molecular formula is C23H26O8. The molecule has 166 valence electrons. The van der Waals surface area contributed by atoms with E-state index in [1.54, 1.807) is 38.5 Å². The van der Waals surface area contributed by atoms with E-state index < -0.39 is 18.7 Å². The smallest absolute Gasteiger partial charge is 0.195 e. The fourth-order valence-corrected chi connectivity index (χ4v) is 4.49. The highest BCUT2D eigenvalue weighted by Gasteiger charge is 2.45. The van der Waals surface area contributed by atoms with Gasteiger partial charge in [0.05, 0.1) is 17.8 Å². The second-order valence-corrected chi connectivity index (χ2v) is 7.98. The lowest BCUT2D eigenvalue weighted by molar-refractivity contribution is -0.298. The Labute approximate surface area is 180 Å². The van der Waals surface area contributed by atoms with Gasteiger partial charge in [0.15, 0.2) is 29.9 Å². The molecule has 1 saturated heterocycles. The van der Waals surface area contributed by atoms with Crippen molar-refractivity contribution in [1.82, 2.24) is 0 Å². The molecule has 8 nitrogen and oxygen atoms in total. The van der Waals surface area contributed by atoms with Gasteiger partial charge in [-0.1, -0.05) is 24.3 Å². The third-order valence-electron chi connectivity index (χ3n) is 6.10. The van der Waals surface area contributed by atoms with Crippen molar-refractivity contribution in [2.24, 2.45) is 0 Å². The number of rotatable bonds is 5. The van der Waals surface area contributed by atoms with Crippen LogP contribution < -0.4 is 0 Å². The molecule has 0 amide bonds. The molecule has 8 heteroatoms. The summed E-state index contributed by atoms with van der Waals surface area (Å²) in [5.41, 5.74) is 1.04. The van der Waals surface area contributed by atoms with E-state index >= 15 is 0 Å². The number of Topliss-reactive ketones (excluding diaryl/α,β-unsaturated/α-hetero) is 3. The van der Waals surface area contributed by atoms with Gasteiger partial charge >= 0.3 is 0 Å². The van der Waals surface area contributed by atoms with Crippen LogP contribution in [0.5, 0.6) is 0 Å². The van der Waals surface area contributed by atoms with Gasteiger partial charge < -0.3 is 23.7 Å². The fourth-order valence-electron chi connectivity index (χ4n) is 4.49. The minimum absolute atomic E-state index is 0.0395. The summed E-state index contributed by atoms with van der Waals surface area (Å²) in [6.07, 6.45) is -3.36. The Morgan fingerprint density at radius 3 is 2.32 bits per heavy atom. The lowest BCUT2D eigenvalue weighted by Gasteiger charge is -2.41. The number of hydrogen-bond acceptors (Lipinski definition) is 8. The molecule has 0 N–H and O–H groups in total. The second kappa shape index (κ2) is 8.72. The van der Waals surface area contributed by atoms with E-state index in [2.05, 4.69) is 0 Å². The van der Waals surface area contributed by atoms with E-state index in [1.165, 1.54) is 6.92 Å². The van der Waals surface area contributed by atoms with Crippen molar-refractivity contribution >= 4 is 17.3 Å². The van der Waals surface area contributed by atoms with Crippen molar-refractivity contribution < 1.29 is 38.1 Å². The van der Waals surface area contributed by atoms with Crippen LogP contribution in [-0.2, 0) is 28.5 Å². The summed E-state index contributed by atoms with van der Waals surface area (Å²) < 4.78 is 28.8. The third kappa shape index (κ3) is 3.90. The summed E-state index contributed by atoms with van der Waals surface area (Å²) in [6, 6.07) is 6.64. The molecule has 0 radical (unpaired) electrons. The molecule has 0 aromatic heterocycles. The highest BCUT2D eigenvalue weighted by molar-refractivity contribution is 6.27. The molecule has 0 spiro atoms. The van der Waals surface area contributed by atoms with Gasteiger partial charge in [0, 0.05) is 43.8 Å². The normalized spacial score (nSPS) is 33.2. The molecule has 2 aliphatic heterocycles. The van der Waals surface area contributed by atoms with Crippen LogP contribution >= 0.6 is 0 Å². The van der Waals surface area contributed by atoms with Crippen LogP contribution in [0, 0.1) is 0 Å². The number of carbonyl (C=O) groups is 3. The van der Waals surface area contributed by atoms with Crippen LogP contribution in [0.2, 0.25) is 0 Å². The topological polar surface area (TPSA) is 97.4 Å². The third-order valence-corrected chi connectivity index (χ3v) is 6.10. The van der Waals surface area contributed by atoms with E-state index in [0.717, 1.165) is 0 Å². The van der Waals surface area contributed by atoms with Crippen LogP contribution in [0.25, 0.3) is 0 Å². The zero-order valence-electron chi connectivity index (χ0n) is 18.0. The molecule has 1 aromatic carbocycles. The average Bonchev–Trinajstić information content (AvgIpc) is 2.76. The predicted octanol–water partition coefficient (Wildman–Crippen LogP) is 2.25. The molecule has 6 atom stereocenters. The maximum atomic E-state index is 13.3. The molecule has 1 aromatic rings. The molecular weight excluding hydrogens is 404 g/mol. The number of hydrogen-bond donors (Lipinski definition) is 0. The standard InChI is InChI=1S/C23H26O8/c1-11(24)16-9-15-19(21(26)14-8-6-5-7-13(14)20(15)25)23(30-16)31-18-10-17(27-3)22(28-4)12(2)29-18/h5-8,12,16-18,22-23H,9-10H2,1-4H3/t12-,16-,17-,18-,22+,23+/m0/s1. The maximum Gasteiger partial charge on any atom is 0.195 e. The number of benzene rings is 1. The van der Waals surface area contributed by atoms with Crippen molar-refractivity contribution in [3.63, 3.8) is 0 Å². The summed E-state index contributed by atoms with van der Waals surface area (Å²) in [5.74, 6) is -0.856. The average molecular weight is 430 g/mol. The van der Waals surface area contributed by atoms with Crippen LogP contribution in [-0.4, -0.2) is 68.6 Å². The Balaban J connectivity index is 1.66. The summed E-state index contributed by atoms with van der Waals surface area (Å²) >= 11 is 0. The Kier molecular flexibility index (Phi) is 6.18. The minimum Gasteiger partial charge on any atom is -0.378 e. The Bertz CT molecular complexity index is 935. The first kappa shape index (κ1) is 22.0. The molecule has 0 saturated carbocycles. The largest absolute Gasteiger partial charge is 0.378 e. The van der Waals surface area contributed by atoms with Crippen molar-refractivity contribution in [3.8, 4) is 0 Å². The lowest BCUT2D eigenvalue weighted by atomic mass is 9.80. The first-order valence-electron chi connectivity index (χ1n) is 10.3. The minimum atomic E-state index is -1.20. The van der Waals surface area contributed by atoms with Gasteiger partial charge in [-0.05, 0) is 13.8 Å². The second-order valence-electron chi connectivity index (χ2n) is 7.98. The van der Waals surface area contributed by atoms with Gasteiger partial charge in [-0.15, -0.1) is 0 Å². The molecule has 4 rings (SSSR count). The van der Waals surface area contributed by atoms with Gasteiger partial charge in [-0.25, -0.2) is 0 Å². The quantitative estimate of drug-likeness (QED) is 0.702. The van der Waals surface area contributed by atoms with E-state index in [9.17, 15) is 14.4 Å². The lowest BCUT2D eigenvalue weighted by Crippen LogP contribution is -2.51. The van der Waals surface area contributed by atoms with Gasteiger partial charge in [-0.2, -0.15) is 0 Å². The fraction of sp³-hybridized carbons (Fsp3) is 0.522. The summed E-state index contributed by atoms with van der Waals surface area (Å²) in [4.78, 5) is 38.5. The summed E-state index contributed by atoms with van der Waals surface area (Å²) in [6.45, 7) is 3.23. The molecule has 1 fully saturated rings. The monoisotopic (exact) mass is 430 g/mol. The predicted molar refractivity (Wildman–Crippen MR) is 108 cm³/mol. The van der Waals surface area contributed by atoms with Gasteiger partial charge in [0.1, 0.15) is 12.2 Å². The van der Waals surface area contributed by atoms with Crippen LogP contribution in [0.3, 0.4) is 0 Å². The molecule has 3 aliphatic rings. The maximum absolute atomic E-state index is 13.3. The first-order valence-corrected chi connectivity index (χ1v) is 10.3. The molecule has 1 aliphatic carbocycles. The van der Waals surface area contributed by atoms with Crippen molar-refractivity contribution in [1.29, 1.82) is 0 Å². The van der Waals surface area contributed by atoms with E-state index in [1.807, 2.05) is 6.92 Å². The molecule has 2 heterocycles. The first-order chi connectivity index (χ1) is 14.8. The van der Waals surface area contributed by atoms with Gasteiger partial charge in [0.2, 0.25) is 0 Å². The van der Waals surface area contributed by atoms with Gasteiger partial charge in [0.25, 0.3) is 0 Å². The van der Waals surface area contributed by atoms with E-state index in [-0.39, 0.29) is 53.2 Å². The number of fused-ring (bicyclic) bond motifs is 1. The number of ether oxygens (including phenoxy) is 5. The van der Waals surface area contributed by atoms with E-state index in [4.69, 9.17) is 23.7 Å². The molecule has 0 bridgehead atoms. The number of carbonyl (C=O) groups excluding carboxylic acids is 3. The van der Waals surface area contributed by atoms with Crippen molar-refractivity contribution in [2.45, 2.75) is 63.7 Å². The summed E-state index contributed by atoms with van der Waals surface area (Å²) in [5, 5.41) is 0. The van der Waals surface area contributed by atoms with Crippen LogP contribution in [0.1, 0.15) is 47.4 Å². The van der Waals surface area contributed by atoms with Crippen LogP contribution in [0.4, 0.5) is 0 Å². The zero-order valence-corrected chi connectivity index (χ0v) is 18.0. The highest BCUT2D eigenvalue weighted by Crippen LogP contribution is 2.38. The van der Waals surface area contributed by atoms with Gasteiger partial charge in [-0.3, -0.25) is 14.4 Å². The van der Waals surface area contributed by atoms with Crippen LogP contribution in [0.15, 0.2) is 35.4 Å². The van der Waals surface area contributed by atoms with Crippen molar-refractivity contribution in [3.05, 3.63) is 46.5 Å². The SMILES string of the molecule is CO[C@@H]1[C@H](C)O[C@@H](O[C@H]2O[C@H](C(C)=O)CC3=C2C(=O)c2ccccc2C3=O)C[C@@H]1OC. The summed E-state index contributed by atoms with van der Waals surface area (Å²) in [7, 11) is 3.16. The Morgan fingerprint density at radius 2 is 1.71 bits per heavy atom. The van der Waals surface area contributed by atoms with Crippen molar-refractivity contribution in [2.75, 3.05) is 14.2 Å². The Hall–Kier alpha value is -2.23. The van der Waals surface area contributed by atoms with E-state index in [0.29, 0.717) is 17.5 Å². The Morgan fingerprint density at radius 1 is 1.03 bits per heavy atom. The molecule has 0 unspecified atom stereocenters.